The van der Waals surface area contributed by atoms with Crippen LogP contribution in [0.4, 0.5) is 0 Å². The van der Waals surface area contributed by atoms with Gasteiger partial charge in [-0.2, -0.15) is 0 Å². The number of benzene rings is 1. The Morgan fingerprint density at radius 3 is 2.24 bits per heavy atom. The number of hydrogen-bond acceptors (Lipinski definition) is 3. The summed E-state index contributed by atoms with van der Waals surface area (Å²) in [5.74, 6) is 0.598. The third-order valence-corrected chi connectivity index (χ3v) is 2.64. The fourth-order valence-electron chi connectivity index (χ4n) is 1.86. The lowest BCUT2D eigenvalue weighted by Crippen LogP contribution is -2.34. The summed E-state index contributed by atoms with van der Waals surface area (Å²) in [6.45, 7) is 10.6. The maximum Gasteiger partial charge on any atom is 0.492 e. The quantitative estimate of drug-likeness (QED) is 0.779. The second kappa shape index (κ2) is 5.11. The van der Waals surface area contributed by atoms with E-state index in [1.165, 1.54) is 0 Å². The van der Waals surface area contributed by atoms with Gasteiger partial charge in [-0.1, -0.05) is 38.5 Å². The Balaban J connectivity index is 3.46. The minimum Gasteiger partial charge on any atom is -0.494 e. The summed E-state index contributed by atoms with van der Waals surface area (Å²) in [6, 6.07) is 3.79. The van der Waals surface area contributed by atoms with Gasteiger partial charge in [-0.15, -0.1) is 0 Å². The molecule has 0 atom stereocenters. The number of ether oxygens (including phenoxy) is 1. The van der Waals surface area contributed by atoms with Gasteiger partial charge in [-0.05, 0) is 24.8 Å². The first-order valence-electron chi connectivity index (χ1n) is 5.91. The Labute approximate surface area is 104 Å². The van der Waals surface area contributed by atoms with Crippen LogP contribution in [0.25, 0.3) is 0 Å². The second-order valence-electron chi connectivity index (χ2n) is 5.29. The highest BCUT2D eigenvalue weighted by Gasteiger charge is 2.26. The van der Waals surface area contributed by atoms with Gasteiger partial charge in [-0.3, -0.25) is 0 Å². The molecule has 3 nitrogen and oxygen atoms in total. The summed E-state index contributed by atoms with van der Waals surface area (Å²) in [6.07, 6.45) is 0. The van der Waals surface area contributed by atoms with Crippen molar-refractivity contribution < 1.29 is 14.8 Å². The molecule has 1 rings (SSSR count). The maximum atomic E-state index is 9.42. The summed E-state index contributed by atoms with van der Waals surface area (Å²) in [4.78, 5) is 0. The van der Waals surface area contributed by atoms with Crippen LogP contribution >= 0.6 is 0 Å². The van der Waals surface area contributed by atoms with E-state index in [2.05, 4.69) is 20.8 Å². The fraction of sp³-hybridized carbons (Fsp3) is 0.538. The monoisotopic (exact) mass is 236 g/mol. The largest absolute Gasteiger partial charge is 0.494 e. The topological polar surface area (TPSA) is 49.7 Å². The summed E-state index contributed by atoms with van der Waals surface area (Å²) in [5.41, 5.74) is 2.35. The minimum atomic E-state index is -1.50. The Morgan fingerprint density at radius 1 is 1.24 bits per heavy atom. The van der Waals surface area contributed by atoms with E-state index in [4.69, 9.17) is 4.74 Å². The van der Waals surface area contributed by atoms with Gasteiger partial charge >= 0.3 is 7.12 Å². The lowest BCUT2D eigenvalue weighted by atomic mass is 9.74. The fourth-order valence-corrected chi connectivity index (χ4v) is 1.86. The third-order valence-electron chi connectivity index (χ3n) is 2.64. The van der Waals surface area contributed by atoms with E-state index in [0.29, 0.717) is 17.8 Å². The molecule has 0 spiro atoms. The summed E-state index contributed by atoms with van der Waals surface area (Å²) in [5, 5.41) is 18.8. The summed E-state index contributed by atoms with van der Waals surface area (Å²) in [7, 11) is -1.50. The Bertz CT molecular complexity index is 394. The number of rotatable bonds is 3. The molecule has 0 saturated heterocycles. The molecular formula is C13H21BO3. The van der Waals surface area contributed by atoms with Crippen LogP contribution in [-0.4, -0.2) is 23.8 Å². The highest BCUT2D eigenvalue weighted by atomic mass is 16.5. The van der Waals surface area contributed by atoms with Gasteiger partial charge in [0, 0.05) is 5.46 Å². The lowest BCUT2D eigenvalue weighted by Gasteiger charge is -2.25. The van der Waals surface area contributed by atoms with Crippen molar-refractivity contribution in [1.29, 1.82) is 0 Å². The highest BCUT2D eigenvalue weighted by molar-refractivity contribution is 6.59. The van der Waals surface area contributed by atoms with E-state index in [0.717, 1.165) is 11.1 Å². The van der Waals surface area contributed by atoms with E-state index in [1.807, 2.05) is 19.9 Å². The van der Waals surface area contributed by atoms with Crippen molar-refractivity contribution in [1.82, 2.24) is 0 Å². The number of aryl methyl sites for hydroxylation is 1. The molecule has 94 valence electrons. The van der Waals surface area contributed by atoms with Crippen LogP contribution in [0.15, 0.2) is 12.1 Å². The van der Waals surface area contributed by atoms with E-state index in [1.54, 1.807) is 6.07 Å². The van der Waals surface area contributed by atoms with Gasteiger partial charge in [0.15, 0.2) is 0 Å². The Hall–Kier alpha value is -0.995. The van der Waals surface area contributed by atoms with E-state index >= 15 is 0 Å². The third kappa shape index (κ3) is 3.24. The zero-order chi connectivity index (χ0) is 13.2. The van der Waals surface area contributed by atoms with Crippen LogP contribution in [0.1, 0.15) is 38.8 Å². The van der Waals surface area contributed by atoms with Gasteiger partial charge in [-0.25, -0.2) is 0 Å². The second-order valence-corrected chi connectivity index (χ2v) is 5.29. The maximum absolute atomic E-state index is 9.42. The van der Waals surface area contributed by atoms with Crippen molar-refractivity contribution >= 4 is 12.6 Å². The Morgan fingerprint density at radius 2 is 1.82 bits per heavy atom. The molecule has 0 aromatic heterocycles. The van der Waals surface area contributed by atoms with Crippen molar-refractivity contribution in [3.05, 3.63) is 23.3 Å². The lowest BCUT2D eigenvalue weighted by molar-refractivity contribution is 0.329. The molecule has 0 fully saturated rings. The smallest absolute Gasteiger partial charge is 0.492 e. The van der Waals surface area contributed by atoms with Gasteiger partial charge < -0.3 is 14.8 Å². The Kier molecular flexibility index (Phi) is 4.23. The van der Waals surface area contributed by atoms with Crippen LogP contribution < -0.4 is 10.2 Å². The molecule has 0 aliphatic heterocycles. The molecule has 0 saturated carbocycles. The van der Waals surface area contributed by atoms with Crippen molar-refractivity contribution in [2.24, 2.45) is 0 Å². The predicted molar refractivity (Wildman–Crippen MR) is 70.9 cm³/mol. The van der Waals surface area contributed by atoms with E-state index in [-0.39, 0.29) is 5.41 Å². The molecule has 4 heteroatoms. The van der Waals surface area contributed by atoms with Gasteiger partial charge in [0.25, 0.3) is 0 Å². The first kappa shape index (κ1) is 14.1. The summed E-state index contributed by atoms with van der Waals surface area (Å²) >= 11 is 0. The molecule has 2 N–H and O–H groups in total. The van der Waals surface area contributed by atoms with Crippen molar-refractivity contribution in [2.45, 2.75) is 40.0 Å². The van der Waals surface area contributed by atoms with Crippen LogP contribution in [-0.2, 0) is 5.41 Å². The van der Waals surface area contributed by atoms with Crippen molar-refractivity contribution in [2.75, 3.05) is 6.61 Å². The average Bonchev–Trinajstić information content (AvgIpc) is 2.18. The first-order chi connectivity index (χ1) is 7.77. The molecule has 0 unspecified atom stereocenters. The van der Waals surface area contributed by atoms with Gasteiger partial charge in [0.05, 0.1) is 6.61 Å². The standard InChI is InChI=1S/C13H21BO3/c1-6-17-12-10(13(3,4)5)7-9(2)8-11(12)14(15)16/h7-8,15-16H,6H2,1-5H3. The van der Waals surface area contributed by atoms with Crippen LogP contribution in [0, 0.1) is 6.92 Å². The van der Waals surface area contributed by atoms with Gasteiger partial charge in [0.1, 0.15) is 5.75 Å². The van der Waals surface area contributed by atoms with Crippen molar-refractivity contribution in [3.63, 3.8) is 0 Å². The number of hydrogen-bond donors (Lipinski definition) is 2. The van der Waals surface area contributed by atoms with E-state index in [9.17, 15) is 10.0 Å². The average molecular weight is 236 g/mol. The molecule has 0 aliphatic carbocycles. The van der Waals surface area contributed by atoms with Crippen molar-refractivity contribution in [3.8, 4) is 5.75 Å². The van der Waals surface area contributed by atoms with Crippen LogP contribution in [0.5, 0.6) is 5.75 Å². The molecule has 0 amide bonds. The SMILES string of the molecule is CCOc1c(B(O)O)cc(C)cc1C(C)(C)C. The molecule has 0 radical (unpaired) electrons. The minimum absolute atomic E-state index is 0.0971. The molecular weight excluding hydrogens is 215 g/mol. The normalized spacial score (nSPS) is 11.5. The molecule has 0 heterocycles. The zero-order valence-electron chi connectivity index (χ0n) is 11.2. The molecule has 1 aromatic rings. The molecule has 1 aromatic carbocycles. The summed E-state index contributed by atoms with van der Waals surface area (Å²) < 4.78 is 5.59. The molecule has 0 aliphatic rings. The highest BCUT2D eigenvalue weighted by Crippen LogP contribution is 2.31. The van der Waals surface area contributed by atoms with Gasteiger partial charge in [0.2, 0.25) is 0 Å². The molecule has 0 bridgehead atoms. The molecule has 17 heavy (non-hydrogen) atoms. The van der Waals surface area contributed by atoms with Crippen LogP contribution in [0.2, 0.25) is 0 Å². The predicted octanol–water partition coefficient (Wildman–Crippen LogP) is 1.37. The van der Waals surface area contributed by atoms with E-state index < -0.39 is 7.12 Å². The first-order valence-corrected chi connectivity index (χ1v) is 5.91. The zero-order valence-corrected chi connectivity index (χ0v) is 11.2. The van der Waals surface area contributed by atoms with Crippen LogP contribution in [0.3, 0.4) is 0 Å².